The van der Waals surface area contributed by atoms with Crippen LogP contribution in [-0.4, -0.2) is 4.98 Å². The Balaban J connectivity index is 2.46. The molecule has 17 heavy (non-hydrogen) atoms. The number of nitrogens with zero attached hydrogens (tertiary/aromatic N) is 1. The van der Waals surface area contributed by atoms with Gasteiger partial charge in [-0.05, 0) is 49.6 Å². The van der Waals surface area contributed by atoms with E-state index in [-0.39, 0.29) is 0 Å². The highest BCUT2D eigenvalue weighted by Gasteiger charge is 2.04. The van der Waals surface area contributed by atoms with Crippen molar-refractivity contribution in [2.24, 2.45) is 0 Å². The van der Waals surface area contributed by atoms with E-state index in [0.717, 1.165) is 22.5 Å². The molecule has 0 aliphatic carbocycles. The van der Waals surface area contributed by atoms with Crippen molar-refractivity contribution >= 4 is 11.6 Å². The lowest BCUT2D eigenvalue weighted by molar-refractivity contribution is 1.14. The van der Waals surface area contributed by atoms with Gasteiger partial charge in [-0.15, -0.1) is 11.6 Å². The van der Waals surface area contributed by atoms with Gasteiger partial charge < -0.3 is 0 Å². The molecule has 0 radical (unpaired) electrons. The van der Waals surface area contributed by atoms with Crippen molar-refractivity contribution in [3.05, 3.63) is 52.7 Å². The molecule has 2 aromatic rings. The van der Waals surface area contributed by atoms with Crippen molar-refractivity contribution < 1.29 is 0 Å². The maximum Gasteiger partial charge on any atom is 0.0705 e. The first-order chi connectivity index (χ1) is 8.11. The number of alkyl halides is 1. The molecule has 2 heteroatoms. The third-order valence-electron chi connectivity index (χ3n) is 3.14. The van der Waals surface area contributed by atoms with Crippen LogP contribution in [0.4, 0.5) is 0 Å². The zero-order valence-corrected chi connectivity index (χ0v) is 11.2. The van der Waals surface area contributed by atoms with Crippen LogP contribution in [0.1, 0.15) is 22.4 Å². The molecule has 88 valence electrons. The Kier molecular flexibility index (Phi) is 3.49. The molecule has 0 spiro atoms. The van der Waals surface area contributed by atoms with Gasteiger partial charge in [0, 0.05) is 17.1 Å². The Morgan fingerprint density at radius 2 is 1.76 bits per heavy atom. The van der Waals surface area contributed by atoms with Crippen LogP contribution in [0.5, 0.6) is 0 Å². The lowest BCUT2D eigenvalue weighted by Gasteiger charge is -2.07. The SMILES string of the molecule is Cc1ccc(-c2ccc(CCl)c(C)n2)cc1C. The average Bonchev–Trinajstić information content (AvgIpc) is 2.32. The van der Waals surface area contributed by atoms with E-state index in [1.807, 2.05) is 13.0 Å². The smallest absolute Gasteiger partial charge is 0.0705 e. The van der Waals surface area contributed by atoms with Gasteiger partial charge in [-0.3, -0.25) is 4.98 Å². The van der Waals surface area contributed by atoms with Crippen molar-refractivity contribution in [1.82, 2.24) is 4.98 Å². The highest BCUT2D eigenvalue weighted by molar-refractivity contribution is 6.17. The van der Waals surface area contributed by atoms with Crippen LogP contribution in [-0.2, 0) is 5.88 Å². The van der Waals surface area contributed by atoms with Crippen molar-refractivity contribution in [1.29, 1.82) is 0 Å². The average molecular weight is 246 g/mol. The van der Waals surface area contributed by atoms with Crippen LogP contribution in [0.2, 0.25) is 0 Å². The Morgan fingerprint density at radius 1 is 1.00 bits per heavy atom. The van der Waals surface area contributed by atoms with Crippen LogP contribution < -0.4 is 0 Å². The minimum atomic E-state index is 0.520. The Hall–Kier alpha value is -1.34. The summed E-state index contributed by atoms with van der Waals surface area (Å²) in [4.78, 5) is 4.60. The molecule has 1 aromatic heterocycles. The van der Waals surface area contributed by atoms with Crippen molar-refractivity contribution in [2.45, 2.75) is 26.7 Å². The predicted molar refractivity (Wildman–Crippen MR) is 73.4 cm³/mol. The van der Waals surface area contributed by atoms with E-state index in [9.17, 15) is 0 Å². The van der Waals surface area contributed by atoms with E-state index < -0.39 is 0 Å². The Labute approximate surface area is 107 Å². The molecular weight excluding hydrogens is 230 g/mol. The topological polar surface area (TPSA) is 12.9 Å². The number of rotatable bonds is 2. The molecule has 0 saturated carbocycles. The molecule has 1 heterocycles. The molecule has 0 unspecified atom stereocenters. The van der Waals surface area contributed by atoms with Gasteiger partial charge in [0.1, 0.15) is 0 Å². The summed E-state index contributed by atoms with van der Waals surface area (Å²) in [5.41, 5.74) is 6.89. The van der Waals surface area contributed by atoms with E-state index in [2.05, 4.69) is 43.1 Å². The van der Waals surface area contributed by atoms with E-state index in [1.165, 1.54) is 11.1 Å². The zero-order chi connectivity index (χ0) is 12.4. The molecular formula is C15H16ClN. The first kappa shape index (κ1) is 12.1. The second-order valence-corrected chi connectivity index (χ2v) is 4.64. The first-order valence-electron chi connectivity index (χ1n) is 5.72. The van der Waals surface area contributed by atoms with Crippen LogP contribution >= 0.6 is 11.6 Å². The second-order valence-electron chi connectivity index (χ2n) is 4.37. The van der Waals surface area contributed by atoms with Crippen molar-refractivity contribution in [3.63, 3.8) is 0 Å². The summed E-state index contributed by atoms with van der Waals surface area (Å²) < 4.78 is 0. The van der Waals surface area contributed by atoms with Crippen LogP contribution in [0.15, 0.2) is 30.3 Å². The van der Waals surface area contributed by atoms with Gasteiger partial charge in [0.15, 0.2) is 0 Å². The molecule has 1 aromatic carbocycles. The maximum absolute atomic E-state index is 5.84. The van der Waals surface area contributed by atoms with Crippen LogP contribution in [0.25, 0.3) is 11.3 Å². The summed E-state index contributed by atoms with van der Waals surface area (Å²) in [6.07, 6.45) is 0. The van der Waals surface area contributed by atoms with Gasteiger partial charge in [-0.25, -0.2) is 0 Å². The third kappa shape index (κ3) is 2.50. The van der Waals surface area contributed by atoms with Gasteiger partial charge in [0.2, 0.25) is 0 Å². The van der Waals surface area contributed by atoms with Crippen LogP contribution in [0, 0.1) is 20.8 Å². The molecule has 0 aliphatic rings. The fourth-order valence-electron chi connectivity index (χ4n) is 1.79. The predicted octanol–water partition coefficient (Wildman–Crippen LogP) is 4.41. The summed E-state index contributed by atoms with van der Waals surface area (Å²) in [5, 5.41) is 0. The normalized spacial score (nSPS) is 10.6. The number of aromatic nitrogens is 1. The van der Waals surface area contributed by atoms with Gasteiger partial charge >= 0.3 is 0 Å². The first-order valence-corrected chi connectivity index (χ1v) is 6.25. The van der Waals surface area contributed by atoms with Crippen molar-refractivity contribution in [2.75, 3.05) is 0 Å². The third-order valence-corrected chi connectivity index (χ3v) is 3.43. The van der Waals surface area contributed by atoms with E-state index in [4.69, 9.17) is 11.6 Å². The van der Waals surface area contributed by atoms with Crippen molar-refractivity contribution in [3.8, 4) is 11.3 Å². The molecule has 0 amide bonds. The van der Waals surface area contributed by atoms with Crippen LogP contribution in [0.3, 0.4) is 0 Å². The van der Waals surface area contributed by atoms with Gasteiger partial charge in [-0.1, -0.05) is 18.2 Å². The van der Waals surface area contributed by atoms with Gasteiger partial charge in [-0.2, -0.15) is 0 Å². The quantitative estimate of drug-likeness (QED) is 0.714. The molecule has 0 bridgehead atoms. The van der Waals surface area contributed by atoms with Gasteiger partial charge in [0.25, 0.3) is 0 Å². The second kappa shape index (κ2) is 4.89. The summed E-state index contributed by atoms with van der Waals surface area (Å²) in [5.74, 6) is 0.520. The standard InChI is InChI=1S/C15H16ClN/c1-10-4-5-13(8-11(10)2)15-7-6-14(9-16)12(3)17-15/h4-8H,9H2,1-3H3. The molecule has 0 aliphatic heterocycles. The number of aryl methyl sites for hydroxylation is 3. The highest BCUT2D eigenvalue weighted by atomic mass is 35.5. The Morgan fingerprint density at radius 3 is 2.35 bits per heavy atom. The fourth-order valence-corrected chi connectivity index (χ4v) is 2.08. The number of pyridine rings is 1. The number of benzene rings is 1. The molecule has 1 nitrogen and oxygen atoms in total. The van der Waals surface area contributed by atoms with E-state index in [1.54, 1.807) is 0 Å². The summed E-state index contributed by atoms with van der Waals surface area (Å²) in [6.45, 7) is 6.25. The lowest BCUT2D eigenvalue weighted by atomic mass is 10.0. The fraction of sp³-hybridized carbons (Fsp3) is 0.267. The molecule has 0 saturated heterocycles. The number of halogens is 1. The zero-order valence-electron chi connectivity index (χ0n) is 10.4. The van der Waals surface area contributed by atoms with E-state index >= 15 is 0 Å². The molecule has 0 fully saturated rings. The van der Waals surface area contributed by atoms with Gasteiger partial charge in [0.05, 0.1) is 5.69 Å². The molecule has 0 N–H and O–H groups in total. The number of hydrogen-bond acceptors (Lipinski definition) is 1. The minimum absolute atomic E-state index is 0.520. The summed E-state index contributed by atoms with van der Waals surface area (Å²) in [7, 11) is 0. The van der Waals surface area contributed by atoms with E-state index in [0.29, 0.717) is 5.88 Å². The number of hydrogen-bond donors (Lipinski definition) is 0. The molecule has 2 rings (SSSR count). The Bertz CT molecular complexity index is 547. The maximum atomic E-state index is 5.84. The minimum Gasteiger partial charge on any atom is -0.253 e. The highest BCUT2D eigenvalue weighted by Crippen LogP contribution is 2.22. The summed E-state index contributed by atoms with van der Waals surface area (Å²) in [6, 6.07) is 10.5. The lowest BCUT2D eigenvalue weighted by Crippen LogP contribution is -1.93. The largest absolute Gasteiger partial charge is 0.253 e. The summed E-state index contributed by atoms with van der Waals surface area (Å²) >= 11 is 5.84. The monoisotopic (exact) mass is 245 g/mol. The molecule has 0 atom stereocenters.